The summed E-state index contributed by atoms with van der Waals surface area (Å²) in [4.78, 5) is 3.94. The molecule has 0 atom stereocenters. The van der Waals surface area contributed by atoms with Gasteiger partial charge in [0.05, 0.1) is 6.54 Å². The lowest BCUT2D eigenvalue weighted by atomic mass is 10.3. The molecule has 2 rings (SSSR count). The van der Waals surface area contributed by atoms with E-state index < -0.39 is 0 Å². The first kappa shape index (κ1) is 10.8. The molecule has 2 aromatic heterocycles. The van der Waals surface area contributed by atoms with Crippen molar-refractivity contribution in [2.45, 2.75) is 26.4 Å². The summed E-state index contributed by atoms with van der Waals surface area (Å²) in [7, 11) is 0. The summed E-state index contributed by atoms with van der Waals surface area (Å²) in [5.41, 5.74) is 0.887. The fourth-order valence-electron chi connectivity index (χ4n) is 1.23. The number of hydrogen-bond acceptors (Lipinski definition) is 5. The highest BCUT2D eigenvalue weighted by molar-refractivity contribution is 5.50. The average Bonchev–Trinajstić information content (AvgIpc) is 2.76. The van der Waals surface area contributed by atoms with Crippen molar-refractivity contribution in [2.24, 2.45) is 0 Å². The molecule has 0 aromatic carbocycles. The van der Waals surface area contributed by atoms with Gasteiger partial charge in [0, 0.05) is 24.0 Å². The van der Waals surface area contributed by atoms with Gasteiger partial charge in [-0.3, -0.25) is 4.98 Å². The van der Waals surface area contributed by atoms with E-state index in [-0.39, 0.29) is 0 Å². The Morgan fingerprint density at radius 3 is 2.69 bits per heavy atom. The molecule has 84 valence electrons. The van der Waals surface area contributed by atoms with Crippen molar-refractivity contribution in [3.05, 3.63) is 30.4 Å². The lowest BCUT2D eigenvalue weighted by Crippen LogP contribution is -2.21. The van der Waals surface area contributed by atoms with E-state index in [1.54, 1.807) is 12.4 Å². The summed E-state index contributed by atoms with van der Waals surface area (Å²) >= 11 is 0. The number of aromatic nitrogens is 3. The molecule has 5 nitrogen and oxygen atoms in total. The van der Waals surface area contributed by atoms with E-state index in [1.165, 1.54) is 0 Å². The number of hydrogen-bond donors (Lipinski definition) is 1. The molecule has 0 saturated carbocycles. The third-order valence-corrected chi connectivity index (χ3v) is 2.06. The molecule has 0 unspecified atom stereocenters. The fourth-order valence-corrected chi connectivity index (χ4v) is 1.23. The Labute approximate surface area is 93.9 Å². The Hall–Kier alpha value is -1.75. The van der Waals surface area contributed by atoms with Crippen LogP contribution in [0.2, 0.25) is 0 Å². The Bertz CT molecular complexity index is 438. The Kier molecular flexibility index (Phi) is 3.26. The zero-order chi connectivity index (χ0) is 11.4. The van der Waals surface area contributed by atoms with Gasteiger partial charge in [-0.05, 0) is 12.1 Å². The van der Waals surface area contributed by atoms with Gasteiger partial charge in [-0.1, -0.05) is 13.8 Å². The molecule has 0 saturated heterocycles. The van der Waals surface area contributed by atoms with Crippen molar-refractivity contribution < 1.29 is 4.42 Å². The predicted molar refractivity (Wildman–Crippen MR) is 59.5 cm³/mol. The molecule has 1 N–H and O–H groups in total. The van der Waals surface area contributed by atoms with Crippen molar-refractivity contribution >= 4 is 0 Å². The molecule has 0 aliphatic rings. The molecule has 16 heavy (non-hydrogen) atoms. The highest BCUT2D eigenvalue weighted by atomic mass is 16.4. The third-order valence-electron chi connectivity index (χ3n) is 2.06. The molecule has 0 bridgehead atoms. The van der Waals surface area contributed by atoms with Gasteiger partial charge in [0.2, 0.25) is 11.8 Å². The minimum absolute atomic E-state index is 0.399. The molecule has 2 aromatic rings. The minimum Gasteiger partial charge on any atom is -0.419 e. The monoisotopic (exact) mass is 218 g/mol. The highest BCUT2D eigenvalue weighted by Gasteiger charge is 2.07. The quantitative estimate of drug-likeness (QED) is 0.845. The summed E-state index contributed by atoms with van der Waals surface area (Å²) in [6.45, 7) is 4.73. The summed E-state index contributed by atoms with van der Waals surface area (Å²) in [5.74, 6) is 1.13. The molecule has 0 radical (unpaired) electrons. The van der Waals surface area contributed by atoms with Crippen LogP contribution in [0.4, 0.5) is 0 Å². The molecule has 5 heteroatoms. The molecule has 0 spiro atoms. The lowest BCUT2D eigenvalue weighted by Gasteiger charge is -2.03. The van der Waals surface area contributed by atoms with Gasteiger partial charge < -0.3 is 9.73 Å². The van der Waals surface area contributed by atoms with Gasteiger partial charge in [-0.15, -0.1) is 10.2 Å². The van der Waals surface area contributed by atoms with Crippen LogP contribution in [0.3, 0.4) is 0 Å². The SMILES string of the molecule is CC(C)NCc1nnc(-c2ccncc2)o1. The Morgan fingerprint density at radius 2 is 2.00 bits per heavy atom. The molecule has 0 amide bonds. The molecule has 0 fully saturated rings. The maximum Gasteiger partial charge on any atom is 0.247 e. The van der Waals surface area contributed by atoms with Crippen LogP contribution in [0.25, 0.3) is 11.5 Å². The maximum absolute atomic E-state index is 5.51. The van der Waals surface area contributed by atoms with Crippen molar-refractivity contribution in [1.29, 1.82) is 0 Å². The standard InChI is InChI=1S/C11H14N4O/c1-8(2)13-7-10-14-15-11(16-10)9-3-5-12-6-4-9/h3-6,8,13H,7H2,1-2H3. The van der Waals surface area contributed by atoms with E-state index in [2.05, 4.69) is 34.3 Å². The first-order valence-electron chi connectivity index (χ1n) is 5.22. The number of pyridine rings is 1. The van der Waals surface area contributed by atoms with Crippen LogP contribution < -0.4 is 5.32 Å². The zero-order valence-electron chi connectivity index (χ0n) is 9.34. The van der Waals surface area contributed by atoms with E-state index in [0.29, 0.717) is 24.4 Å². The van der Waals surface area contributed by atoms with Crippen LogP contribution in [0.5, 0.6) is 0 Å². The van der Waals surface area contributed by atoms with Crippen LogP contribution in [-0.2, 0) is 6.54 Å². The van der Waals surface area contributed by atoms with Gasteiger partial charge in [0.15, 0.2) is 0 Å². The largest absolute Gasteiger partial charge is 0.419 e. The molecular weight excluding hydrogens is 204 g/mol. The average molecular weight is 218 g/mol. The van der Waals surface area contributed by atoms with Crippen LogP contribution in [0.1, 0.15) is 19.7 Å². The van der Waals surface area contributed by atoms with Gasteiger partial charge in [-0.2, -0.15) is 0 Å². The van der Waals surface area contributed by atoms with Crippen molar-refractivity contribution in [3.8, 4) is 11.5 Å². The zero-order valence-corrected chi connectivity index (χ0v) is 9.34. The second-order valence-electron chi connectivity index (χ2n) is 3.77. The van der Waals surface area contributed by atoms with Crippen LogP contribution in [0.15, 0.2) is 28.9 Å². The molecule has 0 aliphatic heterocycles. The van der Waals surface area contributed by atoms with E-state index in [1.807, 2.05) is 12.1 Å². The number of nitrogens with one attached hydrogen (secondary N) is 1. The summed E-state index contributed by atoms with van der Waals surface area (Å²) < 4.78 is 5.51. The molecule has 2 heterocycles. The predicted octanol–water partition coefficient (Wildman–Crippen LogP) is 1.63. The van der Waals surface area contributed by atoms with Gasteiger partial charge >= 0.3 is 0 Å². The Morgan fingerprint density at radius 1 is 1.25 bits per heavy atom. The van der Waals surface area contributed by atoms with Crippen molar-refractivity contribution in [1.82, 2.24) is 20.5 Å². The van der Waals surface area contributed by atoms with Crippen molar-refractivity contribution in [2.75, 3.05) is 0 Å². The van der Waals surface area contributed by atoms with Crippen LogP contribution in [0, 0.1) is 0 Å². The topological polar surface area (TPSA) is 63.8 Å². The number of rotatable bonds is 4. The first-order valence-corrected chi connectivity index (χ1v) is 5.22. The smallest absolute Gasteiger partial charge is 0.247 e. The summed E-state index contributed by atoms with van der Waals surface area (Å²) in [5, 5.41) is 11.2. The van der Waals surface area contributed by atoms with Gasteiger partial charge in [0.1, 0.15) is 0 Å². The van der Waals surface area contributed by atoms with E-state index in [0.717, 1.165) is 5.56 Å². The van der Waals surface area contributed by atoms with Crippen LogP contribution >= 0.6 is 0 Å². The third kappa shape index (κ3) is 2.64. The normalized spacial score (nSPS) is 10.9. The van der Waals surface area contributed by atoms with E-state index in [4.69, 9.17) is 4.42 Å². The Balaban J connectivity index is 2.08. The highest BCUT2D eigenvalue weighted by Crippen LogP contribution is 2.15. The summed E-state index contributed by atoms with van der Waals surface area (Å²) in [6.07, 6.45) is 3.40. The lowest BCUT2D eigenvalue weighted by molar-refractivity contribution is 0.459. The minimum atomic E-state index is 0.399. The second kappa shape index (κ2) is 4.85. The number of nitrogens with zero attached hydrogens (tertiary/aromatic N) is 3. The summed E-state index contributed by atoms with van der Waals surface area (Å²) in [6, 6.07) is 4.08. The van der Waals surface area contributed by atoms with E-state index >= 15 is 0 Å². The molecule has 0 aliphatic carbocycles. The van der Waals surface area contributed by atoms with E-state index in [9.17, 15) is 0 Å². The van der Waals surface area contributed by atoms with Crippen LogP contribution in [-0.4, -0.2) is 21.2 Å². The van der Waals surface area contributed by atoms with Crippen molar-refractivity contribution in [3.63, 3.8) is 0 Å². The maximum atomic E-state index is 5.51. The second-order valence-corrected chi connectivity index (χ2v) is 3.77. The first-order chi connectivity index (χ1) is 7.75. The van der Waals surface area contributed by atoms with Gasteiger partial charge in [0.25, 0.3) is 0 Å². The molecular formula is C11H14N4O. The fraction of sp³-hybridized carbons (Fsp3) is 0.364. The van der Waals surface area contributed by atoms with Gasteiger partial charge in [-0.25, -0.2) is 0 Å².